The zero-order valence-electron chi connectivity index (χ0n) is 25.3. The molecule has 0 aliphatic carbocycles. The van der Waals surface area contributed by atoms with E-state index < -0.39 is 11.4 Å². The lowest BCUT2D eigenvalue weighted by atomic mass is 9.89. The molecule has 0 aromatic carbocycles. The molecule has 0 bridgehead atoms. The highest BCUT2D eigenvalue weighted by Gasteiger charge is 2.35. The van der Waals surface area contributed by atoms with Crippen molar-refractivity contribution in [2.45, 2.75) is 75.3 Å². The van der Waals surface area contributed by atoms with Gasteiger partial charge in [-0.2, -0.15) is 5.10 Å². The topological polar surface area (TPSA) is 256 Å². The number of nitrogens with zero attached hydrogens (tertiary/aromatic N) is 1. The van der Waals surface area contributed by atoms with Crippen molar-refractivity contribution in [1.82, 2.24) is 16.3 Å². The first-order valence-corrected chi connectivity index (χ1v) is 11.8. The van der Waals surface area contributed by atoms with Crippen LogP contribution in [-0.2, 0) is 33.4 Å². The van der Waals surface area contributed by atoms with Gasteiger partial charge in [0.2, 0.25) is 5.91 Å². The first-order valence-electron chi connectivity index (χ1n) is 11.8. The number of hydrazine groups is 3. The number of rotatable bonds is 3. The van der Waals surface area contributed by atoms with E-state index in [0.717, 1.165) is 5.71 Å². The second-order valence-electron chi connectivity index (χ2n) is 9.11. The minimum absolute atomic E-state index is 0.0139. The Morgan fingerprint density at radius 1 is 1.00 bits per heavy atom. The molecule has 15 heteroatoms. The molecule has 0 radical (unpaired) electrons. The molecule has 2 aliphatic rings. The molecule has 2 rings (SSSR count). The molecular weight excluding hydrogens is 512 g/mol. The maximum absolute atomic E-state index is 10.9. The van der Waals surface area contributed by atoms with E-state index in [1.165, 1.54) is 21.1 Å². The predicted octanol–water partition coefficient (Wildman–Crippen LogP) is -0.298. The van der Waals surface area contributed by atoms with Gasteiger partial charge < -0.3 is 9.47 Å². The fraction of sp³-hybridized carbons (Fsp3) is 0.667. The number of allylic oxidation sites excluding steroid dienone is 1. The Hall–Kier alpha value is -3.24. The van der Waals surface area contributed by atoms with Crippen molar-refractivity contribution in [3.05, 3.63) is 11.6 Å². The fourth-order valence-corrected chi connectivity index (χ4v) is 1.91. The van der Waals surface area contributed by atoms with Gasteiger partial charge in [-0.1, -0.05) is 13.0 Å². The van der Waals surface area contributed by atoms with Crippen molar-refractivity contribution in [3.63, 3.8) is 0 Å². The van der Waals surface area contributed by atoms with E-state index in [4.69, 9.17) is 0 Å². The second kappa shape index (κ2) is 21.7. The van der Waals surface area contributed by atoms with Crippen LogP contribution in [0.3, 0.4) is 0 Å². The second-order valence-corrected chi connectivity index (χ2v) is 9.11. The molecule has 39 heavy (non-hydrogen) atoms. The number of nitrogens with two attached hydrogens (primary N) is 4. The monoisotopic (exact) mass is 562 g/mol. The van der Waals surface area contributed by atoms with Crippen molar-refractivity contribution in [1.29, 1.82) is 0 Å². The van der Waals surface area contributed by atoms with E-state index in [0.29, 0.717) is 5.57 Å². The Kier molecular flexibility index (Phi) is 23.8. The van der Waals surface area contributed by atoms with Gasteiger partial charge in [0.05, 0.1) is 31.3 Å². The summed E-state index contributed by atoms with van der Waals surface area (Å²) in [5.74, 6) is 15.3. The zero-order chi connectivity index (χ0) is 32.1. The maximum Gasteiger partial charge on any atom is 0.333 e. The lowest BCUT2D eigenvalue weighted by Crippen LogP contribution is -2.32. The Labute approximate surface area is 231 Å². The third-order valence-electron chi connectivity index (χ3n) is 5.90. The van der Waals surface area contributed by atoms with Gasteiger partial charge in [-0.3, -0.25) is 48.0 Å². The molecule has 228 valence electrons. The minimum Gasteiger partial charge on any atom is -0.468 e. The van der Waals surface area contributed by atoms with E-state index in [1.54, 1.807) is 33.8 Å². The molecule has 2 atom stereocenters. The molecule has 2 amide bonds. The summed E-state index contributed by atoms with van der Waals surface area (Å²) in [6.45, 7) is 17.4. The Morgan fingerprint density at radius 3 is 1.56 bits per heavy atom. The molecule has 0 saturated carbocycles. The lowest BCUT2D eigenvalue weighted by Gasteiger charge is -2.16. The Balaban J connectivity index is -0.000000201. The highest BCUT2D eigenvalue weighted by Crippen LogP contribution is 2.21. The third kappa shape index (κ3) is 15.7. The van der Waals surface area contributed by atoms with E-state index in [2.05, 4.69) is 54.2 Å². The van der Waals surface area contributed by atoms with Gasteiger partial charge in [0.25, 0.3) is 5.91 Å². The number of nitrogens with one attached hydrogen (secondary N) is 3. The van der Waals surface area contributed by atoms with Gasteiger partial charge in [-0.15, -0.1) is 0 Å². The molecule has 15 nitrogen and oxygen atoms in total. The summed E-state index contributed by atoms with van der Waals surface area (Å²) in [5, 5.41) is 3.79. The van der Waals surface area contributed by atoms with Gasteiger partial charge in [-0.05, 0) is 62.3 Å². The third-order valence-corrected chi connectivity index (χ3v) is 5.90. The zero-order valence-corrected chi connectivity index (χ0v) is 25.3. The van der Waals surface area contributed by atoms with Gasteiger partial charge >= 0.3 is 11.9 Å². The summed E-state index contributed by atoms with van der Waals surface area (Å²) >= 11 is 0. The number of hydrazone groups is 1. The van der Waals surface area contributed by atoms with Crippen molar-refractivity contribution in [2.75, 3.05) is 14.2 Å². The molecule has 0 aromatic heterocycles. The summed E-state index contributed by atoms with van der Waals surface area (Å²) < 4.78 is 8.81. The predicted molar refractivity (Wildman–Crippen MR) is 150 cm³/mol. The van der Waals surface area contributed by atoms with Crippen molar-refractivity contribution in [3.8, 4) is 0 Å². The SMILES string of the molecule is C/C=C(\C)C(=O)OC.CC1=NNC(=O)C1(C)C.CC1NNC(=O)C1C.COC(=O)C(C)(C)C(C)=O.NN.NN. The number of hydrogen-bond acceptors (Lipinski definition) is 13. The summed E-state index contributed by atoms with van der Waals surface area (Å²) in [6, 6.07) is 0.280. The molecule has 0 aromatic rings. The molecule has 11 N–H and O–H groups in total. The van der Waals surface area contributed by atoms with Crippen LogP contribution in [-0.4, -0.2) is 55.5 Å². The number of hydrogen-bond donors (Lipinski definition) is 7. The number of amides is 2. The molecular formula is C24H50N8O7. The number of methoxy groups -OCH3 is 2. The van der Waals surface area contributed by atoms with Crippen LogP contribution in [0.25, 0.3) is 0 Å². The number of carbonyl (C=O) groups excluding carboxylic acids is 5. The van der Waals surface area contributed by atoms with Crippen LogP contribution in [0, 0.1) is 16.7 Å². The van der Waals surface area contributed by atoms with Gasteiger partial charge in [-0.25, -0.2) is 15.6 Å². The van der Waals surface area contributed by atoms with Crippen molar-refractivity contribution < 1.29 is 33.4 Å². The van der Waals surface area contributed by atoms with Crippen molar-refractivity contribution >= 4 is 35.2 Å². The summed E-state index contributed by atoms with van der Waals surface area (Å²) in [6.07, 6.45) is 1.71. The van der Waals surface area contributed by atoms with Crippen LogP contribution in [0.1, 0.15) is 69.2 Å². The summed E-state index contributed by atoms with van der Waals surface area (Å²) in [4.78, 5) is 53.5. The molecule has 1 fully saturated rings. The van der Waals surface area contributed by atoms with Crippen LogP contribution in [0.15, 0.2) is 16.8 Å². The molecule has 1 saturated heterocycles. The first-order chi connectivity index (χ1) is 17.9. The highest BCUT2D eigenvalue weighted by atomic mass is 16.5. The minimum atomic E-state index is -0.991. The van der Waals surface area contributed by atoms with Crippen LogP contribution in [0.4, 0.5) is 0 Å². The van der Waals surface area contributed by atoms with Gasteiger partial charge in [0.15, 0.2) is 0 Å². The standard InChI is InChI=1S/C7H12O3.C6H10N2O.C6H10O2.C5H10N2O.2H4N2/c1-5(8)7(2,3)6(9)10-4;1-4-6(2,3)5(9)8-7-4;1-4-5(2)6(7)8-3;1-3-4(2)6-7-5(3)8;2*1-2/h1-4H3;1-3H3,(H,8,9);4H,1-3H3;3-4,6H,1-2H3,(H,7,8);2*1-2H2/b;;5-4+;;;. The maximum atomic E-state index is 10.9. The van der Waals surface area contributed by atoms with E-state index >= 15 is 0 Å². The number of ether oxygens (including phenoxy) is 2. The average molecular weight is 563 g/mol. The Bertz CT molecular complexity index is 855. The van der Waals surface area contributed by atoms with E-state index in [-0.39, 0.29) is 40.9 Å². The Morgan fingerprint density at radius 2 is 1.46 bits per heavy atom. The van der Waals surface area contributed by atoms with Crippen LogP contribution in [0.5, 0.6) is 0 Å². The number of carbonyl (C=O) groups is 5. The fourth-order valence-electron chi connectivity index (χ4n) is 1.91. The number of ketones is 1. The molecule has 0 spiro atoms. The first kappa shape index (κ1) is 42.8. The number of Topliss-reactive ketones (excluding diaryl/α,β-unsaturated/α-hetero) is 1. The highest BCUT2D eigenvalue weighted by molar-refractivity contribution is 6.10. The van der Waals surface area contributed by atoms with E-state index in [1.807, 2.05) is 34.6 Å². The van der Waals surface area contributed by atoms with Crippen LogP contribution < -0.4 is 39.6 Å². The normalized spacial score (nSPS) is 18.5. The lowest BCUT2D eigenvalue weighted by molar-refractivity contribution is -0.155. The van der Waals surface area contributed by atoms with Gasteiger partial charge in [0.1, 0.15) is 11.2 Å². The smallest absolute Gasteiger partial charge is 0.333 e. The molecule has 2 unspecified atom stereocenters. The quantitative estimate of drug-likeness (QED) is 0.0769. The van der Waals surface area contributed by atoms with Gasteiger partial charge in [0, 0.05) is 11.6 Å². The van der Waals surface area contributed by atoms with E-state index in [9.17, 15) is 24.0 Å². The average Bonchev–Trinajstić information content (AvgIpc) is 3.35. The van der Waals surface area contributed by atoms with Crippen LogP contribution in [0.2, 0.25) is 0 Å². The largest absolute Gasteiger partial charge is 0.468 e. The molecule has 2 heterocycles. The molecule has 2 aliphatic heterocycles. The van der Waals surface area contributed by atoms with Crippen molar-refractivity contribution in [2.24, 2.45) is 45.2 Å². The summed E-state index contributed by atoms with van der Waals surface area (Å²) in [5.41, 5.74) is 7.88. The summed E-state index contributed by atoms with van der Waals surface area (Å²) in [7, 11) is 2.64. The van der Waals surface area contributed by atoms with Crippen LogP contribution >= 0.6 is 0 Å². The number of esters is 2.